The Morgan fingerprint density at radius 2 is 1.96 bits per heavy atom. The van der Waals surface area contributed by atoms with Crippen LogP contribution in [0.15, 0.2) is 40.8 Å². The van der Waals surface area contributed by atoms with Crippen LogP contribution in [0.25, 0.3) is 11.3 Å². The van der Waals surface area contributed by atoms with Gasteiger partial charge >= 0.3 is 0 Å². The fourth-order valence-electron chi connectivity index (χ4n) is 2.68. The summed E-state index contributed by atoms with van der Waals surface area (Å²) in [4.78, 5) is 14.5. The lowest BCUT2D eigenvalue weighted by Gasteiger charge is -2.26. The van der Waals surface area contributed by atoms with E-state index in [2.05, 4.69) is 10.2 Å². The summed E-state index contributed by atoms with van der Waals surface area (Å²) in [6.07, 6.45) is 0.907. The predicted octanol–water partition coefficient (Wildman–Crippen LogP) is 3.05. The molecule has 2 aromatic rings. The van der Waals surface area contributed by atoms with Crippen molar-refractivity contribution in [3.8, 4) is 11.3 Å². The van der Waals surface area contributed by atoms with Gasteiger partial charge < -0.3 is 14.5 Å². The lowest BCUT2D eigenvalue weighted by Crippen LogP contribution is -2.38. The molecule has 1 saturated heterocycles. The Kier molecular flexibility index (Phi) is 5.91. The van der Waals surface area contributed by atoms with Gasteiger partial charge in [0, 0.05) is 25.2 Å². The highest BCUT2D eigenvalue weighted by Gasteiger charge is 2.14. The van der Waals surface area contributed by atoms with E-state index in [1.54, 1.807) is 18.2 Å². The smallest absolute Gasteiger partial charge is 0.287 e. The largest absolute Gasteiger partial charge is 0.451 e. The number of hydrogen-bond acceptors (Lipinski definition) is 4. The summed E-state index contributed by atoms with van der Waals surface area (Å²) in [6.45, 7) is 5.11. The second-order valence-electron chi connectivity index (χ2n) is 5.71. The van der Waals surface area contributed by atoms with Gasteiger partial charge in [-0.05, 0) is 37.2 Å². The maximum Gasteiger partial charge on any atom is 0.287 e. The summed E-state index contributed by atoms with van der Waals surface area (Å²) in [5.41, 5.74) is 0.783. The summed E-state index contributed by atoms with van der Waals surface area (Å²) < 4.78 is 11.0. The number of furan rings is 1. The standard InChI is InChI=1S/C18H21ClN2O3/c19-15-5-2-1-4-14(15)16-6-7-17(24-16)18(22)20-8-3-9-21-10-12-23-13-11-21/h1-2,4-7H,3,8-13H2,(H,20,22). The van der Waals surface area contributed by atoms with Crippen LogP contribution in [0.2, 0.25) is 5.02 Å². The first-order chi connectivity index (χ1) is 11.7. The van der Waals surface area contributed by atoms with E-state index in [-0.39, 0.29) is 5.91 Å². The first kappa shape index (κ1) is 17.0. The number of benzene rings is 1. The average molecular weight is 349 g/mol. The number of carbonyl (C=O) groups excluding carboxylic acids is 1. The molecule has 24 heavy (non-hydrogen) atoms. The highest BCUT2D eigenvalue weighted by atomic mass is 35.5. The zero-order chi connectivity index (χ0) is 16.8. The van der Waals surface area contributed by atoms with Crippen LogP contribution in [-0.4, -0.2) is 50.2 Å². The quantitative estimate of drug-likeness (QED) is 0.815. The Bertz CT molecular complexity index is 680. The number of rotatable bonds is 6. The monoisotopic (exact) mass is 348 g/mol. The molecule has 0 unspecified atom stereocenters. The van der Waals surface area contributed by atoms with E-state index < -0.39 is 0 Å². The number of halogens is 1. The van der Waals surface area contributed by atoms with Gasteiger partial charge in [-0.2, -0.15) is 0 Å². The van der Waals surface area contributed by atoms with Crippen molar-refractivity contribution in [3.63, 3.8) is 0 Å². The second-order valence-corrected chi connectivity index (χ2v) is 6.11. The van der Waals surface area contributed by atoms with E-state index in [4.69, 9.17) is 20.8 Å². The molecule has 0 atom stereocenters. The van der Waals surface area contributed by atoms with Crippen LogP contribution >= 0.6 is 11.6 Å². The number of hydrogen-bond donors (Lipinski definition) is 1. The van der Waals surface area contributed by atoms with Crippen molar-refractivity contribution in [1.29, 1.82) is 0 Å². The molecule has 1 aromatic carbocycles. The van der Waals surface area contributed by atoms with Crippen LogP contribution < -0.4 is 5.32 Å². The molecule has 1 fully saturated rings. The van der Waals surface area contributed by atoms with Gasteiger partial charge in [0.2, 0.25) is 0 Å². The lowest BCUT2D eigenvalue weighted by atomic mass is 10.2. The Hall–Kier alpha value is -1.82. The maximum atomic E-state index is 12.2. The van der Waals surface area contributed by atoms with Crippen molar-refractivity contribution in [3.05, 3.63) is 47.2 Å². The number of carbonyl (C=O) groups is 1. The molecule has 0 bridgehead atoms. The Morgan fingerprint density at radius 1 is 1.17 bits per heavy atom. The third-order valence-electron chi connectivity index (χ3n) is 4.01. The molecule has 1 N–H and O–H groups in total. The minimum atomic E-state index is -0.199. The molecule has 2 heterocycles. The van der Waals surface area contributed by atoms with Crippen molar-refractivity contribution < 1.29 is 13.9 Å². The van der Waals surface area contributed by atoms with Gasteiger partial charge in [-0.1, -0.05) is 23.7 Å². The normalized spacial score (nSPS) is 15.4. The Morgan fingerprint density at radius 3 is 2.75 bits per heavy atom. The molecular weight excluding hydrogens is 328 g/mol. The van der Waals surface area contributed by atoms with E-state index in [9.17, 15) is 4.79 Å². The van der Waals surface area contributed by atoms with Gasteiger partial charge in [-0.25, -0.2) is 0 Å². The molecule has 5 nitrogen and oxygen atoms in total. The molecular formula is C18H21ClN2O3. The number of morpholine rings is 1. The second kappa shape index (κ2) is 8.33. The highest BCUT2D eigenvalue weighted by molar-refractivity contribution is 6.33. The van der Waals surface area contributed by atoms with E-state index in [1.165, 1.54) is 0 Å². The molecule has 1 amide bonds. The molecule has 1 aliphatic heterocycles. The van der Waals surface area contributed by atoms with E-state index in [0.717, 1.165) is 44.8 Å². The van der Waals surface area contributed by atoms with Gasteiger partial charge in [0.15, 0.2) is 5.76 Å². The highest BCUT2D eigenvalue weighted by Crippen LogP contribution is 2.28. The summed E-state index contributed by atoms with van der Waals surface area (Å²) >= 11 is 6.15. The summed E-state index contributed by atoms with van der Waals surface area (Å²) in [5, 5.41) is 3.50. The summed E-state index contributed by atoms with van der Waals surface area (Å²) in [5.74, 6) is 0.700. The van der Waals surface area contributed by atoms with E-state index >= 15 is 0 Å². The molecule has 6 heteroatoms. The molecule has 0 radical (unpaired) electrons. The first-order valence-electron chi connectivity index (χ1n) is 8.17. The van der Waals surface area contributed by atoms with E-state index in [1.807, 2.05) is 18.2 Å². The van der Waals surface area contributed by atoms with E-state index in [0.29, 0.717) is 23.1 Å². The van der Waals surface area contributed by atoms with Crippen LogP contribution in [0.1, 0.15) is 17.0 Å². The molecule has 0 saturated carbocycles. The maximum absolute atomic E-state index is 12.2. The van der Waals surface area contributed by atoms with Crippen molar-refractivity contribution in [1.82, 2.24) is 10.2 Å². The Labute approximate surface area is 146 Å². The minimum absolute atomic E-state index is 0.199. The SMILES string of the molecule is O=C(NCCCN1CCOCC1)c1ccc(-c2ccccc2Cl)o1. The average Bonchev–Trinajstić information content (AvgIpc) is 3.10. The van der Waals surface area contributed by atoms with Gasteiger partial charge in [-0.15, -0.1) is 0 Å². The molecule has 0 spiro atoms. The van der Waals surface area contributed by atoms with Crippen LogP contribution in [0, 0.1) is 0 Å². The number of ether oxygens (including phenoxy) is 1. The number of nitrogens with zero attached hydrogens (tertiary/aromatic N) is 1. The zero-order valence-electron chi connectivity index (χ0n) is 13.5. The Balaban J connectivity index is 1.48. The van der Waals surface area contributed by atoms with Crippen LogP contribution in [-0.2, 0) is 4.74 Å². The fourth-order valence-corrected chi connectivity index (χ4v) is 2.91. The minimum Gasteiger partial charge on any atom is -0.451 e. The van der Waals surface area contributed by atoms with Gasteiger partial charge in [-0.3, -0.25) is 9.69 Å². The third-order valence-corrected chi connectivity index (χ3v) is 4.34. The first-order valence-corrected chi connectivity index (χ1v) is 8.55. The number of amides is 1. The van der Waals surface area contributed by atoms with Crippen molar-refractivity contribution in [2.75, 3.05) is 39.4 Å². The van der Waals surface area contributed by atoms with Gasteiger partial charge in [0.25, 0.3) is 5.91 Å². The van der Waals surface area contributed by atoms with Crippen LogP contribution in [0.5, 0.6) is 0 Å². The number of nitrogens with one attached hydrogen (secondary N) is 1. The van der Waals surface area contributed by atoms with Crippen molar-refractivity contribution in [2.24, 2.45) is 0 Å². The molecule has 1 aliphatic rings. The summed E-state index contributed by atoms with van der Waals surface area (Å²) in [7, 11) is 0. The summed E-state index contributed by atoms with van der Waals surface area (Å²) in [6, 6.07) is 10.8. The lowest BCUT2D eigenvalue weighted by molar-refractivity contribution is 0.0374. The zero-order valence-corrected chi connectivity index (χ0v) is 14.2. The molecule has 0 aliphatic carbocycles. The topological polar surface area (TPSA) is 54.7 Å². The van der Waals surface area contributed by atoms with Gasteiger partial charge in [0.1, 0.15) is 5.76 Å². The van der Waals surface area contributed by atoms with Crippen LogP contribution in [0.3, 0.4) is 0 Å². The van der Waals surface area contributed by atoms with Crippen LogP contribution in [0.4, 0.5) is 0 Å². The molecule has 128 valence electrons. The molecule has 3 rings (SSSR count). The fraction of sp³-hybridized carbons (Fsp3) is 0.389. The predicted molar refractivity (Wildman–Crippen MR) is 93.4 cm³/mol. The van der Waals surface area contributed by atoms with Crippen molar-refractivity contribution >= 4 is 17.5 Å². The van der Waals surface area contributed by atoms with Gasteiger partial charge in [0.05, 0.1) is 18.2 Å². The molecule has 1 aromatic heterocycles. The van der Waals surface area contributed by atoms with Crippen molar-refractivity contribution in [2.45, 2.75) is 6.42 Å². The third kappa shape index (κ3) is 4.38.